The second-order valence-corrected chi connectivity index (χ2v) is 19.4. The van der Waals surface area contributed by atoms with Crippen molar-refractivity contribution in [3.05, 3.63) is 76.6 Å². The summed E-state index contributed by atoms with van der Waals surface area (Å²) in [7, 11) is 2.09. The molecule has 5 aliphatic rings. The number of piperidine rings is 2. The number of rotatable bonds is 12. The van der Waals surface area contributed by atoms with Gasteiger partial charge in [-0.25, -0.2) is 4.98 Å². The molecule has 2 unspecified atom stereocenters. The Morgan fingerprint density at radius 1 is 0.919 bits per heavy atom. The monoisotopic (exact) mass is 871 g/mol. The number of carbonyl (C=O) groups is 5. The van der Waals surface area contributed by atoms with Crippen LogP contribution in [0.5, 0.6) is 0 Å². The van der Waals surface area contributed by atoms with E-state index in [0.717, 1.165) is 87.0 Å². The van der Waals surface area contributed by atoms with E-state index in [1.165, 1.54) is 18.2 Å². The standard InChI is InChI=1S/C46H55F2N7O6S/c1-45(2,61)30-23-35-36(24-33(30)51-40(57)32-9-6-10-37(50-32)46(3,47)48)62-44(53(35)4)28-13-11-27(12-14-28)25-54-21-18-26(19-22-54)17-20-49-31-8-5-7-29-39(31)43(60)55(42(29)59)34-15-16-38(56)52-41(34)58/h5-10,23-24,26-28,34,44,49,61H,11-22,25H2,1-4H3,(H,51,57)(H,52,56,58). The Hall–Kier alpha value is -4.93. The van der Waals surface area contributed by atoms with Crippen LogP contribution in [0.3, 0.4) is 0 Å². The van der Waals surface area contributed by atoms with Gasteiger partial charge in [-0.15, -0.1) is 0 Å². The number of aromatic nitrogens is 1. The average molecular weight is 872 g/mol. The van der Waals surface area contributed by atoms with Crippen molar-refractivity contribution in [2.75, 3.05) is 48.8 Å². The van der Waals surface area contributed by atoms with Gasteiger partial charge in [-0.2, -0.15) is 8.78 Å². The molecule has 62 heavy (non-hydrogen) atoms. The van der Waals surface area contributed by atoms with Crippen molar-refractivity contribution in [1.29, 1.82) is 0 Å². The van der Waals surface area contributed by atoms with Crippen LogP contribution < -0.4 is 20.9 Å². The normalized spacial score (nSPS) is 23.7. The summed E-state index contributed by atoms with van der Waals surface area (Å²) in [4.78, 5) is 74.9. The second kappa shape index (κ2) is 17.3. The zero-order valence-corrected chi connectivity index (χ0v) is 36.5. The number of hydrogen-bond acceptors (Lipinski definition) is 11. The Morgan fingerprint density at radius 2 is 1.65 bits per heavy atom. The number of thioether (sulfide) groups is 1. The molecule has 2 aromatic carbocycles. The molecule has 1 aromatic heterocycles. The minimum absolute atomic E-state index is 0.0792. The highest BCUT2D eigenvalue weighted by molar-refractivity contribution is 8.00. The van der Waals surface area contributed by atoms with Crippen molar-refractivity contribution < 1.29 is 37.9 Å². The molecule has 16 heteroatoms. The zero-order chi connectivity index (χ0) is 44.1. The topological polar surface area (TPSA) is 164 Å². The second-order valence-electron chi connectivity index (χ2n) is 18.2. The van der Waals surface area contributed by atoms with Crippen molar-refractivity contribution in [2.24, 2.45) is 17.8 Å². The maximum Gasteiger partial charge on any atom is 0.287 e. The summed E-state index contributed by atoms with van der Waals surface area (Å²) in [6.07, 6.45) is 7.85. The predicted octanol–water partition coefficient (Wildman–Crippen LogP) is 6.96. The molecule has 1 aliphatic carbocycles. The van der Waals surface area contributed by atoms with Crippen molar-refractivity contribution in [1.82, 2.24) is 20.1 Å². The van der Waals surface area contributed by atoms with Gasteiger partial charge in [-0.05, 0) is 132 Å². The lowest BCUT2D eigenvalue weighted by Gasteiger charge is -2.39. The van der Waals surface area contributed by atoms with Crippen LogP contribution >= 0.6 is 11.8 Å². The van der Waals surface area contributed by atoms with Crippen LogP contribution in [0.2, 0.25) is 0 Å². The van der Waals surface area contributed by atoms with Crippen LogP contribution in [0.1, 0.15) is 121 Å². The molecule has 0 bridgehead atoms. The summed E-state index contributed by atoms with van der Waals surface area (Å²) in [5, 5.41) is 19.9. The Balaban J connectivity index is 0.801. The lowest BCUT2D eigenvalue weighted by atomic mass is 9.81. The molecule has 4 N–H and O–H groups in total. The Kier molecular flexibility index (Phi) is 12.2. The summed E-state index contributed by atoms with van der Waals surface area (Å²) in [6, 6.07) is 12.0. The number of benzene rings is 2. The summed E-state index contributed by atoms with van der Waals surface area (Å²) in [5.74, 6) is -4.20. The first-order chi connectivity index (χ1) is 29.5. The van der Waals surface area contributed by atoms with E-state index in [4.69, 9.17) is 0 Å². The molecule has 2 atom stereocenters. The Bertz CT molecular complexity index is 2260. The van der Waals surface area contributed by atoms with Gasteiger partial charge in [0.25, 0.3) is 23.6 Å². The molecular weight excluding hydrogens is 817 g/mol. The fourth-order valence-corrected chi connectivity index (χ4v) is 11.4. The van der Waals surface area contributed by atoms with E-state index < -0.39 is 52.8 Å². The number of fused-ring (bicyclic) bond motifs is 2. The minimum atomic E-state index is -3.19. The van der Waals surface area contributed by atoms with Gasteiger partial charge in [0.2, 0.25) is 11.8 Å². The minimum Gasteiger partial charge on any atom is -0.386 e. The van der Waals surface area contributed by atoms with Gasteiger partial charge >= 0.3 is 0 Å². The van der Waals surface area contributed by atoms with E-state index in [1.54, 1.807) is 43.8 Å². The SMILES string of the molecule is CN1c2cc(C(C)(C)O)c(NC(=O)c3cccc(C(C)(F)F)n3)cc2SC1C1CCC(CN2CCC(CCNc3cccc4c3C(=O)N(C3CCC(=O)NC3=O)C4=O)CC2)CC1. The smallest absolute Gasteiger partial charge is 0.287 e. The molecule has 330 valence electrons. The van der Waals surface area contributed by atoms with E-state index >= 15 is 0 Å². The number of pyridine rings is 1. The quantitative estimate of drug-likeness (QED) is 0.139. The van der Waals surface area contributed by atoms with E-state index in [1.807, 2.05) is 12.1 Å². The first-order valence-corrected chi connectivity index (χ1v) is 22.6. The number of nitrogens with one attached hydrogen (secondary N) is 3. The molecule has 4 aliphatic heterocycles. The average Bonchev–Trinajstić information content (AvgIpc) is 3.69. The number of halogens is 2. The molecule has 0 radical (unpaired) electrons. The van der Waals surface area contributed by atoms with E-state index in [9.17, 15) is 37.9 Å². The predicted molar refractivity (Wildman–Crippen MR) is 232 cm³/mol. The number of anilines is 3. The molecule has 13 nitrogen and oxygen atoms in total. The van der Waals surface area contributed by atoms with Gasteiger partial charge < -0.3 is 25.5 Å². The third-order valence-electron chi connectivity index (χ3n) is 13.3. The zero-order valence-electron chi connectivity index (χ0n) is 35.6. The van der Waals surface area contributed by atoms with Gasteiger partial charge in [0.15, 0.2) is 0 Å². The van der Waals surface area contributed by atoms with Gasteiger partial charge in [0, 0.05) is 55.3 Å². The van der Waals surface area contributed by atoms with E-state index in [-0.39, 0.29) is 35.0 Å². The van der Waals surface area contributed by atoms with Crippen LogP contribution in [0, 0.1) is 17.8 Å². The van der Waals surface area contributed by atoms with Crippen LogP contribution in [0.15, 0.2) is 53.4 Å². The summed E-state index contributed by atoms with van der Waals surface area (Å²) >= 11 is 1.77. The van der Waals surface area contributed by atoms with Crippen LogP contribution in [-0.4, -0.2) is 94.1 Å². The van der Waals surface area contributed by atoms with E-state index in [2.05, 4.69) is 37.8 Å². The van der Waals surface area contributed by atoms with Gasteiger partial charge in [-0.3, -0.25) is 34.2 Å². The largest absolute Gasteiger partial charge is 0.386 e. The molecule has 3 aromatic rings. The maximum absolute atomic E-state index is 14.0. The Labute approximate surface area is 364 Å². The van der Waals surface area contributed by atoms with Gasteiger partial charge in [-0.1, -0.05) is 23.9 Å². The highest BCUT2D eigenvalue weighted by atomic mass is 32.2. The number of hydrogen-bond donors (Lipinski definition) is 4. The van der Waals surface area contributed by atoms with Gasteiger partial charge in [0.05, 0.1) is 27.8 Å². The van der Waals surface area contributed by atoms with Crippen molar-refractivity contribution in [3.8, 4) is 0 Å². The number of likely N-dealkylation sites (tertiary alicyclic amines) is 1. The molecule has 5 amide bonds. The fraction of sp³-hybridized carbons (Fsp3) is 0.522. The lowest BCUT2D eigenvalue weighted by Crippen LogP contribution is -2.54. The molecule has 5 heterocycles. The Morgan fingerprint density at radius 3 is 2.34 bits per heavy atom. The van der Waals surface area contributed by atoms with Crippen molar-refractivity contribution >= 4 is 58.4 Å². The number of alkyl halides is 2. The first-order valence-electron chi connectivity index (χ1n) is 21.7. The number of nitrogens with zero attached hydrogens (tertiary/aromatic N) is 4. The third kappa shape index (κ3) is 8.96. The molecule has 0 spiro atoms. The number of aliphatic hydroxyl groups is 1. The van der Waals surface area contributed by atoms with Crippen LogP contribution in [0.25, 0.3) is 0 Å². The number of imide groups is 2. The highest BCUT2D eigenvalue weighted by Crippen LogP contribution is 2.51. The number of carbonyl (C=O) groups excluding carboxylic acids is 5. The molecule has 8 rings (SSSR count). The molecule has 2 saturated heterocycles. The first kappa shape index (κ1) is 43.7. The number of amides is 5. The van der Waals surface area contributed by atoms with Gasteiger partial charge in [0.1, 0.15) is 17.4 Å². The lowest BCUT2D eigenvalue weighted by molar-refractivity contribution is -0.136. The highest BCUT2D eigenvalue weighted by Gasteiger charge is 2.46. The fourth-order valence-electron chi connectivity index (χ4n) is 9.85. The molecule has 1 saturated carbocycles. The molecular formula is C46H55F2N7O6S. The van der Waals surface area contributed by atoms with Crippen LogP contribution in [0.4, 0.5) is 25.8 Å². The third-order valence-corrected chi connectivity index (χ3v) is 14.8. The molecule has 3 fully saturated rings. The van der Waals surface area contributed by atoms with Crippen molar-refractivity contribution in [3.63, 3.8) is 0 Å². The van der Waals surface area contributed by atoms with Crippen molar-refractivity contribution in [2.45, 2.75) is 106 Å². The summed E-state index contributed by atoms with van der Waals surface area (Å²) in [5.41, 5.74) is 1.21. The maximum atomic E-state index is 14.0. The van der Waals surface area contributed by atoms with Crippen LogP contribution in [-0.2, 0) is 21.1 Å². The van der Waals surface area contributed by atoms with E-state index in [0.29, 0.717) is 41.2 Å². The summed E-state index contributed by atoms with van der Waals surface area (Å²) < 4.78 is 27.9. The summed E-state index contributed by atoms with van der Waals surface area (Å²) in [6.45, 7) is 7.91.